The average molecular weight is 262 g/mol. The van der Waals surface area contributed by atoms with Gasteiger partial charge in [-0.15, -0.1) is 0 Å². The number of halogens is 1. The van der Waals surface area contributed by atoms with Crippen LogP contribution >= 0.6 is 11.6 Å². The van der Waals surface area contributed by atoms with Crippen LogP contribution in [0.2, 0.25) is 5.02 Å². The number of benzene rings is 1. The molecule has 1 rings (SSSR count). The molecule has 0 radical (unpaired) electrons. The van der Waals surface area contributed by atoms with Gasteiger partial charge in [-0.3, -0.25) is 0 Å². The summed E-state index contributed by atoms with van der Waals surface area (Å²) in [5.41, 5.74) is 0.865. The van der Waals surface area contributed by atoms with Gasteiger partial charge in [0.1, 0.15) is 0 Å². The molecule has 5 heteroatoms. The minimum atomic E-state index is -3.43. The van der Waals surface area contributed by atoms with E-state index in [-0.39, 0.29) is 10.8 Å². The minimum Gasteiger partial charge on any atom is -0.211 e. The van der Waals surface area contributed by atoms with Crippen molar-refractivity contribution in [2.24, 2.45) is 5.92 Å². The van der Waals surface area contributed by atoms with Crippen molar-refractivity contribution in [2.75, 3.05) is 6.54 Å². The smallest absolute Gasteiger partial charge is 0.211 e. The first-order valence-electron chi connectivity index (χ1n) is 5.09. The molecule has 0 fully saturated rings. The van der Waals surface area contributed by atoms with Gasteiger partial charge in [0.15, 0.2) is 0 Å². The zero-order chi connectivity index (χ0) is 12.3. The maximum atomic E-state index is 11.8. The summed E-state index contributed by atoms with van der Waals surface area (Å²) in [6.07, 6.45) is 0. The summed E-state index contributed by atoms with van der Waals surface area (Å²) >= 11 is 5.89. The molecular formula is C11H16ClNO2S. The Morgan fingerprint density at radius 1 is 1.38 bits per heavy atom. The number of hydrogen-bond donors (Lipinski definition) is 1. The zero-order valence-electron chi connectivity index (χ0n) is 9.62. The molecule has 3 nitrogen and oxygen atoms in total. The van der Waals surface area contributed by atoms with Gasteiger partial charge in [-0.25, -0.2) is 13.1 Å². The van der Waals surface area contributed by atoms with Gasteiger partial charge in [0.05, 0.1) is 4.90 Å². The van der Waals surface area contributed by atoms with Gasteiger partial charge in [-0.2, -0.15) is 0 Å². The molecular weight excluding hydrogens is 246 g/mol. The Bertz CT molecular complexity index is 469. The normalized spacial score (nSPS) is 12.1. The molecule has 0 saturated carbocycles. The average Bonchev–Trinajstić information content (AvgIpc) is 2.19. The van der Waals surface area contributed by atoms with Crippen molar-refractivity contribution in [3.05, 3.63) is 28.8 Å². The van der Waals surface area contributed by atoms with E-state index in [0.29, 0.717) is 11.6 Å². The molecule has 1 N–H and O–H groups in total. The van der Waals surface area contributed by atoms with Crippen LogP contribution in [-0.4, -0.2) is 15.0 Å². The lowest BCUT2D eigenvalue weighted by Crippen LogP contribution is -2.27. The predicted octanol–water partition coefficient (Wildman–Crippen LogP) is 2.58. The molecule has 0 aromatic heterocycles. The molecule has 0 bridgehead atoms. The number of rotatable bonds is 4. The van der Waals surface area contributed by atoms with Gasteiger partial charge in [0.2, 0.25) is 10.0 Å². The lowest BCUT2D eigenvalue weighted by molar-refractivity contribution is 0.560. The predicted molar refractivity (Wildman–Crippen MR) is 66.2 cm³/mol. The fraction of sp³-hybridized carbons (Fsp3) is 0.455. The summed E-state index contributed by atoms with van der Waals surface area (Å²) in [4.78, 5) is 0.212. The van der Waals surface area contributed by atoms with Crippen LogP contribution in [0.1, 0.15) is 19.4 Å². The Balaban J connectivity index is 2.94. The van der Waals surface area contributed by atoms with Gasteiger partial charge >= 0.3 is 0 Å². The van der Waals surface area contributed by atoms with Gasteiger partial charge in [-0.1, -0.05) is 31.5 Å². The number of hydrogen-bond acceptors (Lipinski definition) is 2. The van der Waals surface area contributed by atoms with Crippen molar-refractivity contribution in [3.63, 3.8) is 0 Å². The molecule has 0 aliphatic carbocycles. The molecule has 0 aliphatic heterocycles. The fourth-order valence-electron chi connectivity index (χ4n) is 1.10. The Labute approximate surface area is 102 Å². The lowest BCUT2D eigenvalue weighted by Gasteiger charge is -2.09. The summed E-state index contributed by atoms with van der Waals surface area (Å²) in [5, 5.41) is 0.465. The molecule has 16 heavy (non-hydrogen) atoms. The first-order valence-corrected chi connectivity index (χ1v) is 6.95. The molecule has 0 aliphatic rings. The van der Waals surface area contributed by atoms with Crippen molar-refractivity contribution < 1.29 is 8.42 Å². The van der Waals surface area contributed by atoms with E-state index in [9.17, 15) is 8.42 Å². The van der Waals surface area contributed by atoms with E-state index in [1.54, 1.807) is 12.1 Å². The molecule has 0 spiro atoms. The van der Waals surface area contributed by atoms with Gasteiger partial charge in [0, 0.05) is 11.6 Å². The zero-order valence-corrected chi connectivity index (χ0v) is 11.2. The van der Waals surface area contributed by atoms with E-state index in [1.807, 2.05) is 20.8 Å². The number of nitrogens with one attached hydrogen (secondary N) is 1. The van der Waals surface area contributed by atoms with Crippen LogP contribution in [0, 0.1) is 12.8 Å². The summed E-state index contributed by atoms with van der Waals surface area (Å²) < 4.78 is 26.2. The Kier molecular flexibility index (Phi) is 4.35. The Morgan fingerprint density at radius 3 is 2.50 bits per heavy atom. The maximum Gasteiger partial charge on any atom is 0.240 e. The van der Waals surface area contributed by atoms with Crippen LogP contribution < -0.4 is 4.72 Å². The minimum absolute atomic E-state index is 0.212. The highest BCUT2D eigenvalue weighted by atomic mass is 35.5. The fourth-order valence-corrected chi connectivity index (χ4v) is 2.59. The monoisotopic (exact) mass is 261 g/mol. The van der Waals surface area contributed by atoms with E-state index in [4.69, 9.17) is 11.6 Å². The Hall–Kier alpha value is -0.580. The molecule has 0 amide bonds. The topological polar surface area (TPSA) is 46.2 Å². The van der Waals surface area contributed by atoms with E-state index in [0.717, 1.165) is 5.56 Å². The van der Waals surface area contributed by atoms with E-state index in [2.05, 4.69) is 4.72 Å². The standard InChI is InChI=1S/C11H16ClNO2S/c1-8(2)7-13-16(14,15)10-5-4-9(3)11(12)6-10/h4-6,8,13H,7H2,1-3H3. The second-order valence-electron chi connectivity index (χ2n) is 4.16. The molecule has 0 heterocycles. The molecule has 0 unspecified atom stereocenters. The van der Waals surface area contributed by atoms with Gasteiger partial charge in [0.25, 0.3) is 0 Å². The van der Waals surface area contributed by atoms with Crippen LogP contribution in [0.15, 0.2) is 23.1 Å². The maximum absolute atomic E-state index is 11.8. The summed E-state index contributed by atoms with van der Waals surface area (Å²) in [7, 11) is -3.43. The van der Waals surface area contributed by atoms with E-state index >= 15 is 0 Å². The molecule has 90 valence electrons. The third-order valence-corrected chi connectivity index (χ3v) is 3.96. The molecule has 0 atom stereocenters. The molecule has 1 aromatic rings. The van der Waals surface area contributed by atoms with Crippen LogP contribution in [0.3, 0.4) is 0 Å². The van der Waals surface area contributed by atoms with Crippen LogP contribution in [0.4, 0.5) is 0 Å². The summed E-state index contributed by atoms with van der Waals surface area (Å²) in [6.45, 7) is 6.16. The number of aryl methyl sites for hydroxylation is 1. The van der Waals surface area contributed by atoms with Crippen LogP contribution in [0.5, 0.6) is 0 Å². The highest BCUT2D eigenvalue weighted by molar-refractivity contribution is 7.89. The summed E-state index contributed by atoms with van der Waals surface area (Å²) in [5.74, 6) is 0.274. The number of sulfonamides is 1. The van der Waals surface area contributed by atoms with Crippen molar-refractivity contribution in [2.45, 2.75) is 25.7 Å². The van der Waals surface area contributed by atoms with Crippen LogP contribution in [-0.2, 0) is 10.0 Å². The molecule has 1 aromatic carbocycles. The third kappa shape index (κ3) is 3.47. The van der Waals surface area contributed by atoms with Crippen molar-refractivity contribution in [3.8, 4) is 0 Å². The van der Waals surface area contributed by atoms with E-state index < -0.39 is 10.0 Å². The second-order valence-corrected chi connectivity index (χ2v) is 6.33. The third-order valence-electron chi connectivity index (χ3n) is 2.14. The molecule has 0 saturated heterocycles. The van der Waals surface area contributed by atoms with Gasteiger partial charge in [-0.05, 0) is 30.5 Å². The lowest BCUT2D eigenvalue weighted by atomic mass is 10.2. The van der Waals surface area contributed by atoms with Crippen molar-refractivity contribution >= 4 is 21.6 Å². The van der Waals surface area contributed by atoms with Crippen LogP contribution in [0.25, 0.3) is 0 Å². The quantitative estimate of drug-likeness (QED) is 0.906. The van der Waals surface area contributed by atoms with Gasteiger partial charge < -0.3 is 0 Å². The highest BCUT2D eigenvalue weighted by Gasteiger charge is 2.14. The SMILES string of the molecule is Cc1ccc(S(=O)(=O)NCC(C)C)cc1Cl. The first kappa shape index (κ1) is 13.5. The summed E-state index contributed by atoms with van der Waals surface area (Å²) in [6, 6.07) is 4.73. The second kappa shape index (κ2) is 5.17. The highest BCUT2D eigenvalue weighted by Crippen LogP contribution is 2.19. The first-order chi connectivity index (χ1) is 7.33. The Morgan fingerprint density at radius 2 is 2.00 bits per heavy atom. The van der Waals surface area contributed by atoms with Crippen molar-refractivity contribution in [1.29, 1.82) is 0 Å². The largest absolute Gasteiger partial charge is 0.240 e. The van der Waals surface area contributed by atoms with Crippen molar-refractivity contribution in [1.82, 2.24) is 4.72 Å². The van der Waals surface area contributed by atoms with E-state index in [1.165, 1.54) is 6.07 Å².